The van der Waals surface area contributed by atoms with Crippen molar-refractivity contribution in [2.45, 2.75) is 12.2 Å². The molecule has 0 spiro atoms. The molecule has 2 aromatic carbocycles. The summed E-state index contributed by atoms with van der Waals surface area (Å²) in [4.78, 5) is 42.9. The van der Waals surface area contributed by atoms with Gasteiger partial charge in [-0.3, -0.25) is 39.2 Å². The first-order chi connectivity index (χ1) is 19.9. The van der Waals surface area contributed by atoms with Crippen LogP contribution >= 0.6 is 0 Å². The van der Waals surface area contributed by atoms with E-state index in [-0.39, 0.29) is 0 Å². The van der Waals surface area contributed by atoms with E-state index in [9.17, 15) is 14.7 Å². The van der Waals surface area contributed by atoms with Gasteiger partial charge in [0.05, 0.1) is 80.0 Å². The molecule has 2 N–H and O–H groups in total. The predicted molar refractivity (Wildman–Crippen MR) is 147 cm³/mol. The maximum absolute atomic E-state index is 11.9. The Labute approximate surface area is 239 Å². The molecule has 220 valence electrons. The van der Waals surface area contributed by atoms with Gasteiger partial charge in [-0.15, -0.1) is 0 Å². The Kier molecular flexibility index (Phi) is 8.57. The Morgan fingerprint density at radius 1 is 0.537 bits per heavy atom. The molecule has 13 nitrogen and oxygen atoms in total. The molecule has 2 unspecified atom stereocenters. The molecular formula is C28H38N8O5. The highest BCUT2D eigenvalue weighted by Crippen LogP contribution is 2.23. The lowest BCUT2D eigenvalue weighted by Gasteiger charge is -2.56. The highest BCUT2D eigenvalue weighted by molar-refractivity contribution is 5.82. The zero-order valence-electron chi connectivity index (χ0n) is 23.1. The zero-order valence-corrected chi connectivity index (χ0v) is 23.1. The Morgan fingerprint density at radius 2 is 0.829 bits per heavy atom. The molecule has 8 heterocycles. The molecule has 8 bridgehead atoms. The van der Waals surface area contributed by atoms with Crippen molar-refractivity contribution in [1.29, 1.82) is 0 Å². The second kappa shape index (κ2) is 12.5. The van der Waals surface area contributed by atoms with Crippen LogP contribution in [0.2, 0.25) is 0 Å². The number of ether oxygens (including phenoxy) is 1. The third-order valence-corrected chi connectivity index (χ3v) is 7.70. The average Bonchev–Trinajstić information content (AvgIpc) is 2.95. The fraction of sp³-hybridized carbons (Fsp3) is 0.500. The number of hydrogen-bond acceptors (Lipinski definition) is 12. The van der Waals surface area contributed by atoms with Gasteiger partial charge in [-0.2, -0.15) is 0 Å². The number of rotatable bonds is 5. The number of hydrogen-bond donors (Lipinski definition) is 2. The van der Waals surface area contributed by atoms with E-state index in [0.717, 1.165) is 0 Å². The minimum Gasteiger partial charge on any atom is -0.478 e. The van der Waals surface area contributed by atoms with Gasteiger partial charge in [-0.05, 0) is 5.56 Å². The van der Waals surface area contributed by atoms with Crippen LogP contribution in [-0.2, 0) is 14.3 Å². The van der Waals surface area contributed by atoms with E-state index in [4.69, 9.17) is 9.84 Å². The molecule has 8 aliphatic heterocycles. The van der Waals surface area contributed by atoms with E-state index >= 15 is 0 Å². The highest BCUT2D eigenvalue weighted by Gasteiger charge is 2.37. The van der Waals surface area contributed by atoms with Gasteiger partial charge in [0.15, 0.2) is 6.10 Å². The minimum absolute atomic E-state index is 0.332. The van der Waals surface area contributed by atoms with Crippen molar-refractivity contribution < 1.29 is 24.5 Å². The first-order valence-corrected chi connectivity index (χ1v) is 13.9. The van der Waals surface area contributed by atoms with Gasteiger partial charge in [0.1, 0.15) is 0 Å². The fourth-order valence-corrected chi connectivity index (χ4v) is 6.31. The number of carboxylic acid groups (broad SMARTS) is 1. The van der Waals surface area contributed by atoms with Gasteiger partial charge < -0.3 is 14.9 Å². The van der Waals surface area contributed by atoms with Crippen molar-refractivity contribution in [3.05, 3.63) is 71.8 Å². The fourth-order valence-electron chi connectivity index (χ4n) is 6.31. The molecular weight excluding hydrogens is 528 g/mol. The van der Waals surface area contributed by atoms with Crippen LogP contribution in [0.5, 0.6) is 0 Å². The van der Waals surface area contributed by atoms with Crippen molar-refractivity contribution in [3.8, 4) is 0 Å². The molecule has 0 amide bonds. The smallest absolute Gasteiger partial charge is 0.349 e. The Bertz CT molecular complexity index is 1040. The lowest BCUT2D eigenvalue weighted by Crippen LogP contribution is -2.71. The van der Waals surface area contributed by atoms with Crippen LogP contribution in [0.4, 0.5) is 0 Å². The van der Waals surface area contributed by atoms with Gasteiger partial charge >= 0.3 is 11.9 Å². The molecule has 2 aromatic rings. The third kappa shape index (κ3) is 6.92. The summed E-state index contributed by atoms with van der Waals surface area (Å²) in [6, 6.07) is 16.3. The topological polar surface area (TPSA) is 110 Å². The molecule has 0 aliphatic carbocycles. The van der Waals surface area contributed by atoms with E-state index in [1.54, 1.807) is 60.7 Å². The molecule has 2 atom stereocenters. The number of carboxylic acids is 1. The third-order valence-electron chi connectivity index (χ3n) is 7.70. The lowest BCUT2D eigenvalue weighted by molar-refractivity contribution is -0.194. The number of carbonyl (C=O) groups is 2. The molecule has 0 saturated carbocycles. The van der Waals surface area contributed by atoms with Gasteiger partial charge in [-0.1, -0.05) is 60.7 Å². The average molecular weight is 567 g/mol. The van der Waals surface area contributed by atoms with E-state index in [1.807, 2.05) is 0 Å². The quantitative estimate of drug-likeness (QED) is 0.476. The van der Waals surface area contributed by atoms with E-state index in [0.29, 0.717) is 11.1 Å². The predicted octanol–water partition coefficient (Wildman–Crippen LogP) is 0.0495. The maximum Gasteiger partial charge on any atom is 0.349 e. The van der Waals surface area contributed by atoms with Gasteiger partial charge in [-0.25, -0.2) is 9.59 Å². The van der Waals surface area contributed by atoms with Crippen LogP contribution in [0.25, 0.3) is 0 Å². The summed E-state index contributed by atoms with van der Waals surface area (Å²) in [5.41, 5.74) is 0.679. The van der Waals surface area contributed by atoms with Crippen LogP contribution < -0.4 is 0 Å². The number of aliphatic hydroxyl groups is 1. The number of esters is 1. The van der Waals surface area contributed by atoms with Crippen LogP contribution in [0.15, 0.2) is 60.7 Å². The minimum atomic E-state index is -1.52. The summed E-state index contributed by atoms with van der Waals surface area (Å²) in [6.45, 7) is 14.2. The molecule has 13 heteroatoms. The van der Waals surface area contributed by atoms with Crippen molar-refractivity contribution in [3.63, 3.8) is 0 Å². The molecule has 0 aromatic heterocycles. The largest absolute Gasteiger partial charge is 0.478 e. The highest BCUT2D eigenvalue weighted by atomic mass is 16.6. The van der Waals surface area contributed by atoms with Crippen molar-refractivity contribution in [1.82, 2.24) is 39.2 Å². The van der Waals surface area contributed by atoms with E-state index in [2.05, 4.69) is 39.2 Å². The van der Waals surface area contributed by atoms with Gasteiger partial charge in [0, 0.05) is 5.56 Å². The van der Waals surface area contributed by atoms with Crippen molar-refractivity contribution >= 4 is 11.9 Å². The first kappa shape index (κ1) is 28.2. The maximum atomic E-state index is 11.9. The molecule has 8 aliphatic rings. The lowest BCUT2D eigenvalue weighted by atomic mass is 10.1. The van der Waals surface area contributed by atoms with Crippen LogP contribution in [0.1, 0.15) is 23.3 Å². The first-order valence-electron chi connectivity index (χ1n) is 13.9. The summed E-state index contributed by atoms with van der Waals surface area (Å²) in [5.74, 6) is -2.30. The standard InChI is InChI=1S/C16H14O5.2C6H12N4/c17-13(11-7-3-1-4-8-11)16(20)21-14(15(18)19)12-9-5-2-6-10-12;2*1-7-2-9-4-8(1)5-10(3-7)6-9/h1-10,13-14,17H,(H,18,19);2*1-6H2. The van der Waals surface area contributed by atoms with Gasteiger partial charge in [0.25, 0.3) is 0 Å². The monoisotopic (exact) mass is 566 g/mol. The Balaban J connectivity index is 0.000000123. The second-order valence-electron chi connectivity index (χ2n) is 11.4. The summed E-state index contributed by atoms with van der Waals surface area (Å²) >= 11 is 0. The molecule has 8 fully saturated rings. The van der Waals surface area contributed by atoms with Crippen molar-refractivity contribution in [2.75, 3.05) is 80.0 Å². The van der Waals surface area contributed by atoms with Crippen LogP contribution in [0.3, 0.4) is 0 Å². The molecule has 0 radical (unpaired) electrons. The summed E-state index contributed by atoms with van der Waals surface area (Å²) in [7, 11) is 0. The van der Waals surface area contributed by atoms with E-state index in [1.165, 1.54) is 80.0 Å². The van der Waals surface area contributed by atoms with Crippen molar-refractivity contribution in [2.24, 2.45) is 0 Å². The van der Waals surface area contributed by atoms with Crippen LogP contribution in [0, 0.1) is 0 Å². The zero-order chi connectivity index (χ0) is 28.3. The summed E-state index contributed by atoms with van der Waals surface area (Å²) < 4.78 is 4.93. The number of aliphatic carboxylic acids is 1. The van der Waals surface area contributed by atoms with Crippen LogP contribution in [-0.4, -0.2) is 141 Å². The molecule has 10 rings (SSSR count). The molecule has 41 heavy (non-hydrogen) atoms. The Morgan fingerprint density at radius 3 is 1.12 bits per heavy atom. The Hall–Kier alpha value is -2.98. The van der Waals surface area contributed by atoms with Gasteiger partial charge in [0.2, 0.25) is 6.10 Å². The number of carbonyl (C=O) groups excluding carboxylic acids is 1. The van der Waals surface area contributed by atoms with E-state index < -0.39 is 24.1 Å². The number of nitrogens with zero attached hydrogens (tertiary/aromatic N) is 8. The number of benzene rings is 2. The normalized spacial score (nSPS) is 34.9. The summed E-state index contributed by atoms with van der Waals surface area (Å²) in [5, 5.41) is 19.1. The number of aliphatic hydroxyl groups excluding tert-OH is 1. The summed E-state index contributed by atoms with van der Waals surface area (Å²) in [6.07, 6.45) is -2.96. The second-order valence-corrected chi connectivity index (χ2v) is 11.4. The SMILES string of the molecule is C1N2CN3CN1CN(C2)C3.C1N2CN3CN1CN(C2)C3.O=C(OC(C(=O)O)c1ccccc1)C(O)c1ccccc1. The molecule has 8 saturated heterocycles.